The molecule has 0 aliphatic rings. The van der Waals surface area contributed by atoms with Crippen LogP contribution in [0.25, 0.3) is 10.2 Å². The molecule has 0 atom stereocenters. The number of fused-ring (bicyclic) bond motifs is 1. The fourth-order valence-electron chi connectivity index (χ4n) is 2.03. The Morgan fingerprint density at radius 3 is 2.67 bits per heavy atom. The van der Waals surface area contributed by atoms with Crippen molar-refractivity contribution in [3.05, 3.63) is 58.1 Å². The van der Waals surface area contributed by atoms with Crippen molar-refractivity contribution in [1.29, 1.82) is 0 Å². The second-order valence-corrected chi connectivity index (χ2v) is 5.63. The molecule has 0 fully saturated rings. The molecule has 3 rings (SSSR count). The number of nitro groups is 1. The third kappa shape index (κ3) is 2.85. The minimum Gasteiger partial charge on any atom is -0.332 e. The Labute approximate surface area is 125 Å². The third-order valence-corrected chi connectivity index (χ3v) is 4.12. The topological polar surface area (TPSA) is 68.1 Å². The van der Waals surface area contributed by atoms with Crippen molar-refractivity contribution < 1.29 is 4.92 Å². The minimum absolute atomic E-state index is 0.0810. The molecule has 106 valence electrons. The van der Waals surface area contributed by atoms with E-state index in [2.05, 4.69) is 29.4 Å². The Hall–Kier alpha value is -2.47. The highest BCUT2D eigenvalue weighted by Crippen LogP contribution is 2.29. The molecule has 1 aromatic heterocycles. The summed E-state index contributed by atoms with van der Waals surface area (Å²) in [6, 6.07) is 12.6. The number of nitrogens with one attached hydrogen (secondary N) is 1. The van der Waals surface area contributed by atoms with Gasteiger partial charge in [0, 0.05) is 17.8 Å². The van der Waals surface area contributed by atoms with E-state index in [1.54, 1.807) is 23.5 Å². The van der Waals surface area contributed by atoms with Gasteiger partial charge < -0.3 is 5.32 Å². The summed E-state index contributed by atoms with van der Waals surface area (Å²) >= 11 is 1.58. The third-order valence-electron chi connectivity index (χ3n) is 3.19. The summed E-state index contributed by atoms with van der Waals surface area (Å²) in [4.78, 5) is 14.7. The number of nitrogens with zero attached hydrogens (tertiary/aromatic N) is 2. The van der Waals surface area contributed by atoms with Crippen LogP contribution in [0.4, 0.5) is 16.5 Å². The molecule has 1 heterocycles. The Kier molecular flexibility index (Phi) is 3.53. The average molecular weight is 299 g/mol. The van der Waals surface area contributed by atoms with Crippen LogP contribution in [0.3, 0.4) is 0 Å². The van der Waals surface area contributed by atoms with Gasteiger partial charge >= 0.3 is 0 Å². The lowest BCUT2D eigenvalue weighted by molar-refractivity contribution is -0.384. The van der Waals surface area contributed by atoms with Crippen LogP contribution in [0.1, 0.15) is 12.5 Å². The van der Waals surface area contributed by atoms with E-state index < -0.39 is 4.92 Å². The number of thiazole rings is 1. The first-order chi connectivity index (χ1) is 10.2. The first-order valence-electron chi connectivity index (χ1n) is 6.56. The van der Waals surface area contributed by atoms with E-state index in [4.69, 9.17) is 0 Å². The number of nitro benzene ring substituents is 1. The maximum Gasteiger partial charge on any atom is 0.269 e. The number of non-ortho nitro benzene ring substituents is 1. The smallest absolute Gasteiger partial charge is 0.269 e. The van der Waals surface area contributed by atoms with Gasteiger partial charge in [-0.2, -0.15) is 0 Å². The fourth-order valence-corrected chi connectivity index (χ4v) is 2.98. The van der Waals surface area contributed by atoms with Gasteiger partial charge in [-0.05, 0) is 36.2 Å². The highest BCUT2D eigenvalue weighted by Gasteiger charge is 2.07. The van der Waals surface area contributed by atoms with E-state index in [-0.39, 0.29) is 5.69 Å². The summed E-state index contributed by atoms with van der Waals surface area (Å²) in [7, 11) is 0. The van der Waals surface area contributed by atoms with Gasteiger partial charge in [0.1, 0.15) is 0 Å². The maximum atomic E-state index is 10.6. The first kappa shape index (κ1) is 13.5. The van der Waals surface area contributed by atoms with E-state index in [0.29, 0.717) is 0 Å². The number of aryl methyl sites for hydroxylation is 1. The van der Waals surface area contributed by atoms with Gasteiger partial charge in [0.25, 0.3) is 5.69 Å². The molecule has 0 radical (unpaired) electrons. The predicted octanol–water partition coefficient (Wildman–Crippen LogP) is 4.51. The van der Waals surface area contributed by atoms with Crippen LogP contribution in [0, 0.1) is 10.1 Å². The zero-order valence-corrected chi connectivity index (χ0v) is 12.2. The molecule has 0 saturated heterocycles. The lowest BCUT2D eigenvalue weighted by Crippen LogP contribution is -1.91. The number of anilines is 2. The standard InChI is InChI=1S/C15H13N3O2S/c1-2-10-3-8-13-14(9-10)21-15(17-13)16-11-4-6-12(7-5-11)18(19)20/h3-9H,2H2,1H3,(H,16,17). The first-order valence-corrected chi connectivity index (χ1v) is 7.38. The Bertz CT molecular complexity index is 796. The van der Waals surface area contributed by atoms with Gasteiger partial charge in [-0.25, -0.2) is 4.98 Å². The molecule has 0 saturated carbocycles. The SMILES string of the molecule is CCc1ccc2nc(Nc3ccc([N+](=O)[O-])cc3)sc2c1. The van der Waals surface area contributed by atoms with Crippen LogP contribution < -0.4 is 5.32 Å². The lowest BCUT2D eigenvalue weighted by Gasteiger charge is -2.00. The van der Waals surface area contributed by atoms with Crippen molar-refractivity contribution in [2.45, 2.75) is 13.3 Å². The maximum absolute atomic E-state index is 10.6. The zero-order valence-electron chi connectivity index (χ0n) is 11.4. The van der Waals surface area contributed by atoms with Gasteiger partial charge in [-0.15, -0.1) is 0 Å². The molecular formula is C15H13N3O2S. The van der Waals surface area contributed by atoms with Crippen molar-refractivity contribution in [2.75, 3.05) is 5.32 Å². The highest BCUT2D eigenvalue weighted by atomic mass is 32.1. The molecule has 21 heavy (non-hydrogen) atoms. The second kappa shape index (κ2) is 5.49. The van der Waals surface area contributed by atoms with Crippen LogP contribution in [-0.2, 0) is 6.42 Å². The van der Waals surface area contributed by atoms with Crippen LogP contribution in [0.2, 0.25) is 0 Å². The zero-order chi connectivity index (χ0) is 14.8. The molecule has 6 heteroatoms. The quantitative estimate of drug-likeness (QED) is 0.568. The van der Waals surface area contributed by atoms with Crippen LogP contribution in [-0.4, -0.2) is 9.91 Å². The van der Waals surface area contributed by atoms with Crippen molar-refractivity contribution in [3.63, 3.8) is 0 Å². The Morgan fingerprint density at radius 2 is 2.00 bits per heavy atom. The number of hydrogen-bond acceptors (Lipinski definition) is 5. The van der Waals surface area contributed by atoms with Crippen LogP contribution in [0.5, 0.6) is 0 Å². The van der Waals surface area contributed by atoms with Crippen LogP contribution >= 0.6 is 11.3 Å². The molecule has 0 spiro atoms. The largest absolute Gasteiger partial charge is 0.332 e. The average Bonchev–Trinajstić information content (AvgIpc) is 2.88. The highest BCUT2D eigenvalue weighted by molar-refractivity contribution is 7.22. The van der Waals surface area contributed by atoms with E-state index >= 15 is 0 Å². The van der Waals surface area contributed by atoms with Gasteiger partial charge in [0.15, 0.2) is 5.13 Å². The van der Waals surface area contributed by atoms with Gasteiger partial charge in [0.2, 0.25) is 0 Å². The van der Waals surface area contributed by atoms with Crippen molar-refractivity contribution in [1.82, 2.24) is 4.98 Å². The molecule has 1 N–H and O–H groups in total. The van der Waals surface area contributed by atoms with Crippen LogP contribution in [0.15, 0.2) is 42.5 Å². The van der Waals surface area contributed by atoms with Crippen molar-refractivity contribution in [2.24, 2.45) is 0 Å². The molecule has 0 amide bonds. The normalized spacial score (nSPS) is 10.7. The van der Waals surface area contributed by atoms with Gasteiger partial charge in [0.05, 0.1) is 15.1 Å². The predicted molar refractivity (Wildman–Crippen MR) is 85.4 cm³/mol. The van der Waals surface area contributed by atoms with Crippen molar-refractivity contribution >= 4 is 38.1 Å². The van der Waals surface area contributed by atoms with E-state index in [0.717, 1.165) is 27.5 Å². The fraction of sp³-hybridized carbons (Fsp3) is 0.133. The monoisotopic (exact) mass is 299 g/mol. The van der Waals surface area contributed by atoms with Gasteiger partial charge in [-0.3, -0.25) is 10.1 Å². The summed E-state index contributed by atoms with van der Waals surface area (Å²) in [6.45, 7) is 2.12. The number of aromatic nitrogens is 1. The number of benzene rings is 2. The van der Waals surface area contributed by atoms with E-state index in [1.807, 2.05) is 6.07 Å². The molecule has 0 aliphatic carbocycles. The Morgan fingerprint density at radius 1 is 1.24 bits per heavy atom. The Balaban J connectivity index is 1.85. The number of rotatable bonds is 4. The van der Waals surface area contributed by atoms with E-state index in [1.165, 1.54) is 17.7 Å². The molecule has 5 nitrogen and oxygen atoms in total. The minimum atomic E-state index is -0.409. The molecule has 3 aromatic rings. The van der Waals surface area contributed by atoms with Gasteiger partial charge in [-0.1, -0.05) is 24.3 Å². The number of hydrogen-bond donors (Lipinski definition) is 1. The summed E-state index contributed by atoms with van der Waals surface area (Å²) in [6.07, 6.45) is 0.999. The van der Waals surface area contributed by atoms with Crippen molar-refractivity contribution in [3.8, 4) is 0 Å². The summed E-state index contributed by atoms with van der Waals surface area (Å²) in [5, 5.41) is 14.6. The summed E-state index contributed by atoms with van der Waals surface area (Å²) in [5.41, 5.74) is 3.11. The summed E-state index contributed by atoms with van der Waals surface area (Å²) < 4.78 is 1.14. The molecule has 2 aromatic carbocycles. The lowest BCUT2D eigenvalue weighted by atomic mass is 10.2. The summed E-state index contributed by atoms with van der Waals surface area (Å²) in [5.74, 6) is 0. The molecule has 0 bridgehead atoms. The van der Waals surface area contributed by atoms with E-state index in [9.17, 15) is 10.1 Å². The molecule has 0 aliphatic heterocycles. The second-order valence-electron chi connectivity index (χ2n) is 4.60. The molecular weight excluding hydrogens is 286 g/mol. The molecule has 0 unspecified atom stereocenters.